The number of quaternary nitrogens is 1. The second-order valence-corrected chi connectivity index (χ2v) is 8.15. The van der Waals surface area contributed by atoms with Crippen molar-refractivity contribution in [2.24, 2.45) is 22.8 Å². The summed E-state index contributed by atoms with van der Waals surface area (Å²) in [5, 5.41) is 12.7. The van der Waals surface area contributed by atoms with Crippen LogP contribution in [-0.2, 0) is 4.79 Å². The van der Waals surface area contributed by atoms with E-state index in [9.17, 15) is 4.79 Å². The summed E-state index contributed by atoms with van der Waals surface area (Å²) in [6.45, 7) is 4.47. The number of rotatable bonds is 5. The molecule has 142 valence electrons. The molecule has 1 aromatic rings. The van der Waals surface area contributed by atoms with Gasteiger partial charge in [0.2, 0.25) is 0 Å². The highest BCUT2D eigenvalue weighted by Gasteiger charge is 2.36. The first-order valence-electron chi connectivity index (χ1n) is 9.63. The fourth-order valence-corrected chi connectivity index (χ4v) is 4.65. The van der Waals surface area contributed by atoms with Crippen LogP contribution in [0, 0.1) is 11.8 Å². The van der Waals surface area contributed by atoms with E-state index >= 15 is 0 Å². The van der Waals surface area contributed by atoms with Crippen LogP contribution in [0.3, 0.4) is 0 Å². The molecule has 2 heterocycles. The highest BCUT2D eigenvalue weighted by atomic mass is 16.4. The summed E-state index contributed by atoms with van der Waals surface area (Å²) in [6.07, 6.45) is 6.47. The summed E-state index contributed by atoms with van der Waals surface area (Å²) >= 11 is 0. The predicted octanol–water partition coefficient (Wildman–Crippen LogP) is 2.14. The van der Waals surface area contributed by atoms with Gasteiger partial charge in [-0.2, -0.15) is 5.10 Å². The molecule has 26 heavy (non-hydrogen) atoms. The summed E-state index contributed by atoms with van der Waals surface area (Å²) in [6, 6.07) is 8.40. The summed E-state index contributed by atoms with van der Waals surface area (Å²) in [5.74, 6) is 6.07. The Hall–Kier alpha value is -2.08. The first-order valence-corrected chi connectivity index (χ1v) is 9.63. The van der Waals surface area contributed by atoms with Crippen molar-refractivity contribution in [2.75, 3.05) is 44.7 Å². The number of anilines is 1. The molecule has 2 fully saturated rings. The summed E-state index contributed by atoms with van der Waals surface area (Å²) in [5.41, 5.74) is 2.29. The molecule has 6 heteroatoms. The first kappa shape index (κ1) is 18.7. The fraction of sp³-hybridized carbons (Fsp3) is 0.600. The molecular formula is C20H31N4O2+. The quantitative estimate of drug-likeness (QED) is 0.365. The minimum Gasteiger partial charge on any atom is -0.477 e. The van der Waals surface area contributed by atoms with Crippen molar-refractivity contribution in [2.45, 2.75) is 25.7 Å². The average Bonchev–Trinajstić information content (AvgIpc) is 2.63. The van der Waals surface area contributed by atoms with E-state index in [0.717, 1.165) is 43.6 Å². The van der Waals surface area contributed by atoms with Crippen molar-refractivity contribution in [3.63, 3.8) is 0 Å². The minimum atomic E-state index is -0.678. The molecule has 0 unspecified atom stereocenters. The lowest BCUT2D eigenvalue weighted by Gasteiger charge is -2.43. The Bertz CT molecular complexity index is 628. The monoisotopic (exact) mass is 359 g/mol. The molecule has 0 aliphatic carbocycles. The maximum Gasteiger partial charge on any atom is 0.359 e. The van der Waals surface area contributed by atoms with E-state index in [-0.39, 0.29) is 6.54 Å². The van der Waals surface area contributed by atoms with Crippen LogP contribution in [0.2, 0.25) is 0 Å². The Morgan fingerprint density at radius 3 is 2.31 bits per heavy atom. The smallest absolute Gasteiger partial charge is 0.359 e. The van der Waals surface area contributed by atoms with E-state index in [1.165, 1.54) is 31.4 Å². The van der Waals surface area contributed by atoms with Gasteiger partial charge in [-0.15, -0.1) is 0 Å². The molecule has 2 saturated heterocycles. The van der Waals surface area contributed by atoms with Crippen LogP contribution in [0.15, 0.2) is 29.4 Å². The number of nitrogens with zero attached hydrogens (tertiary/aromatic N) is 3. The Morgan fingerprint density at radius 1 is 1.19 bits per heavy atom. The lowest BCUT2D eigenvalue weighted by molar-refractivity contribution is -0.908. The van der Waals surface area contributed by atoms with Gasteiger partial charge >= 0.3 is 5.97 Å². The normalized spacial score (nSPS) is 27.7. The van der Waals surface area contributed by atoms with Crippen LogP contribution in [0.4, 0.5) is 5.69 Å². The van der Waals surface area contributed by atoms with E-state index in [1.54, 1.807) is 6.21 Å². The van der Waals surface area contributed by atoms with E-state index in [1.807, 2.05) is 0 Å². The number of hydrazone groups is 1. The van der Waals surface area contributed by atoms with Crippen LogP contribution >= 0.6 is 0 Å². The topological polar surface area (TPSA) is 78.9 Å². The number of nitrogens with two attached hydrogens (primary N) is 1. The van der Waals surface area contributed by atoms with E-state index in [0.29, 0.717) is 4.48 Å². The van der Waals surface area contributed by atoms with Gasteiger partial charge in [-0.05, 0) is 55.2 Å². The number of likely N-dealkylation sites (tertiary alicyclic amines) is 1. The van der Waals surface area contributed by atoms with Crippen LogP contribution in [0.5, 0.6) is 0 Å². The molecule has 2 aliphatic heterocycles. The van der Waals surface area contributed by atoms with Gasteiger partial charge in [0, 0.05) is 18.8 Å². The summed E-state index contributed by atoms with van der Waals surface area (Å²) in [4.78, 5) is 13.5. The molecular weight excluding hydrogens is 328 g/mol. The predicted molar refractivity (Wildman–Crippen MR) is 104 cm³/mol. The summed E-state index contributed by atoms with van der Waals surface area (Å²) < 4.78 is 0.698. The number of benzene rings is 1. The maximum atomic E-state index is 11.0. The standard InChI is InChI=1S/C20H30N4O2/c1-24(15-20(25)26)12-8-18(9-13-24)17-6-10-23(11-7-17)19-4-2-16(3-5-19)14-22-21/h2-5,14,17-18H,6-13,15,21H2,1H3/p+1. The van der Waals surface area contributed by atoms with Gasteiger partial charge in [0.1, 0.15) is 0 Å². The number of hydrogen-bond donors (Lipinski definition) is 2. The Labute approximate surface area is 155 Å². The molecule has 0 atom stereocenters. The lowest BCUT2D eigenvalue weighted by atomic mass is 9.78. The second-order valence-electron chi connectivity index (χ2n) is 8.15. The van der Waals surface area contributed by atoms with E-state index in [4.69, 9.17) is 10.9 Å². The Morgan fingerprint density at radius 2 is 1.77 bits per heavy atom. The molecule has 1 aromatic carbocycles. The average molecular weight is 359 g/mol. The zero-order chi connectivity index (χ0) is 18.6. The molecule has 0 aromatic heterocycles. The third-order valence-corrected chi connectivity index (χ3v) is 6.28. The number of hydrogen-bond acceptors (Lipinski definition) is 4. The molecule has 0 saturated carbocycles. The molecule has 0 bridgehead atoms. The zero-order valence-electron chi connectivity index (χ0n) is 15.7. The number of carboxylic acid groups (broad SMARTS) is 1. The van der Waals surface area contributed by atoms with Gasteiger partial charge in [0.25, 0.3) is 0 Å². The number of carbonyl (C=O) groups is 1. The number of likely N-dealkylation sites (N-methyl/N-ethyl adjacent to an activating group) is 1. The molecule has 0 amide bonds. The van der Waals surface area contributed by atoms with Crippen LogP contribution < -0.4 is 10.7 Å². The highest BCUT2D eigenvalue weighted by Crippen LogP contribution is 2.35. The number of carboxylic acids is 1. The third kappa shape index (κ3) is 4.55. The van der Waals surface area contributed by atoms with Crippen molar-refractivity contribution in [3.05, 3.63) is 29.8 Å². The molecule has 0 radical (unpaired) electrons. The van der Waals surface area contributed by atoms with Gasteiger partial charge in [0.15, 0.2) is 6.54 Å². The van der Waals surface area contributed by atoms with Gasteiger partial charge < -0.3 is 20.3 Å². The molecule has 2 aliphatic rings. The van der Waals surface area contributed by atoms with Gasteiger partial charge in [-0.25, -0.2) is 4.79 Å². The lowest BCUT2D eigenvalue weighted by Crippen LogP contribution is -2.53. The van der Waals surface area contributed by atoms with Gasteiger partial charge in [0.05, 0.1) is 26.4 Å². The largest absolute Gasteiger partial charge is 0.477 e. The molecule has 3 N–H and O–H groups in total. The van der Waals surface area contributed by atoms with Crippen molar-refractivity contribution in [1.82, 2.24) is 0 Å². The SMILES string of the molecule is C[N+]1(CC(=O)O)CCC(C2CCN(c3ccc(C=NN)cc3)CC2)CC1. The van der Waals surface area contributed by atoms with Crippen LogP contribution in [-0.4, -0.2) is 61.5 Å². The number of aliphatic carboxylic acids is 1. The van der Waals surface area contributed by atoms with E-state index < -0.39 is 5.97 Å². The van der Waals surface area contributed by atoms with E-state index in [2.05, 4.69) is 41.3 Å². The van der Waals surface area contributed by atoms with Crippen molar-refractivity contribution < 1.29 is 14.4 Å². The summed E-state index contributed by atoms with van der Waals surface area (Å²) in [7, 11) is 2.09. The molecule has 0 spiro atoms. The minimum absolute atomic E-state index is 0.260. The van der Waals surface area contributed by atoms with Crippen LogP contribution in [0.25, 0.3) is 0 Å². The Kier molecular flexibility index (Phi) is 5.81. The van der Waals surface area contributed by atoms with Gasteiger partial charge in [-0.1, -0.05) is 12.1 Å². The van der Waals surface area contributed by atoms with Crippen molar-refractivity contribution in [3.8, 4) is 0 Å². The van der Waals surface area contributed by atoms with Crippen LogP contribution in [0.1, 0.15) is 31.2 Å². The highest BCUT2D eigenvalue weighted by molar-refractivity contribution is 5.80. The molecule has 6 nitrogen and oxygen atoms in total. The number of piperidine rings is 2. The fourth-order valence-electron chi connectivity index (χ4n) is 4.65. The van der Waals surface area contributed by atoms with Crippen molar-refractivity contribution >= 4 is 17.9 Å². The van der Waals surface area contributed by atoms with Crippen molar-refractivity contribution in [1.29, 1.82) is 0 Å². The maximum absolute atomic E-state index is 11.0. The third-order valence-electron chi connectivity index (χ3n) is 6.28. The zero-order valence-corrected chi connectivity index (χ0v) is 15.7. The van der Waals surface area contributed by atoms with Gasteiger partial charge in [-0.3, -0.25) is 0 Å². The first-order chi connectivity index (χ1) is 12.5. The molecule has 3 rings (SSSR count). The Balaban J connectivity index is 1.49. The second kappa shape index (κ2) is 8.08.